The van der Waals surface area contributed by atoms with Gasteiger partial charge in [-0.25, -0.2) is 0 Å². The van der Waals surface area contributed by atoms with E-state index in [1.165, 1.54) is 32.6 Å². The van der Waals surface area contributed by atoms with Crippen LogP contribution in [0.3, 0.4) is 0 Å². The Morgan fingerprint density at radius 1 is 1.62 bits per heavy atom. The third-order valence-corrected chi connectivity index (χ3v) is 3.72. The number of hydrogen-bond acceptors (Lipinski definition) is 2. The molecule has 0 aliphatic carbocycles. The lowest BCUT2D eigenvalue weighted by Gasteiger charge is -2.43. The number of nitrogens with one attached hydrogen (secondary N) is 1. The maximum atomic E-state index is 3.81. The summed E-state index contributed by atoms with van der Waals surface area (Å²) in [6.07, 6.45) is 3.35. The van der Waals surface area contributed by atoms with Crippen molar-refractivity contribution in [3.63, 3.8) is 0 Å². The van der Waals surface area contributed by atoms with Crippen molar-refractivity contribution in [1.29, 1.82) is 0 Å². The van der Waals surface area contributed by atoms with Crippen LogP contribution in [0, 0.1) is 11.3 Å². The number of likely N-dealkylation sites (tertiary alicyclic amines) is 1. The van der Waals surface area contributed by atoms with E-state index >= 15 is 0 Å². The Balaban J connectivity index is 1.99. The van der Waals surface area contributed by atoms with Crippen molar-refractivity contribution >= 4 is 0 Å². The molecule has 1 atom stereocenters. The van der Waals surface area contributed by atoms with Crippen LogP contribution in [0.1, 0.15) is 13.3 Å². The lowest BCUT2D eigenvalue weighted by atomic mass is 9.72. The van der Waals surface area contributed by atoms with Crippen LogP contribution >= 0.6 is 0 Å². The van der Waals surface area contributed by atoms with Gasteiger partial charge in [-0.2, -0.15) is 0 Å². The Labute approximate surface area is 81.0 Å². The van der Waals surface area contributed by atoms with Crippen molar-refractivity contribution in [2.45, 2.75) is 13.3 Å². The lowest BCUT2D eigenvalue weighted by molar-refractivity contribution is 0.120. The highest BCUT2D eigenvalue weighted by Crippen LogP contribution is 2.40. The first-order valence-corrected chi connectivity index (χ1v) is 5.35. The molecule has 2 heterocycles. The van der Waals surface area contributed by atoms with E-state index in [-0.39, 0.29) is 0 Å². The summed E-state index contributed by atoms with van der Waals surface area (Å²) in [5.74, 6) is 0.911. The molecule has 13 heavy (non-hydrogen) atoms. The van der Waals surface area contributed by atoms with Crippen LogP contribution in [0.4, 0.5) is 0 Å². The van der Waals surface area contributed by atoms with Gasteiger partial charge in [0, 0.05) is 38.1 Å². The molecule has 0 aromatic carbocycles. The van der Waals surface area contributed by atoms with Gasteiger partial charge in [-0.3, -0.25) is 4.90 Å². The summed E-state index contributed by atoms with van der Waals surface area (Å²) >= 11 is 0. The second-order valence-corrected chi connectivity index (χ2v) is 4.55. The zero-order valence-corrected chi connectivity index (χ0v) is 8.55. The van der Waals surface area contributed by atoms with Gasteiger partial charge < -0.3 is 5.32 Å². The van der Waals surface area contributed by atoms with E-state index in [0.29, 0.717) is 5.41 Å². The summed E-state index contributed by atoms with van der Waals surface area (Å²) in [6.45, 7) is 12.2. The highest BCUT2D eigenvalue weighted by atomic mass is 15.2. The molecular formula is C11H20N2. The van der Waals surface area contributed by atoms with Gasteiger partial charge in [0.15, 0.2) is 0 Å². The van der Waals surface area contributed by atoms with Crippen molar-refractivity contribution < 1.29 is 0 Å². The van der Waals surface area contributed by atoms with E-state index in [1.807, 2.05) is 6.08 Å². The standard InChI is InChI=1S/C11H20N2/c1-3-5-13-6-10(4-2)11(9-13)7-12-8-11/h3,10,12H,1,4-9H2,2H3. The van der Waals surface area contributed by atoms with Gasteiger partial charge in [0.05, 0.1) is 0 Å². The quantitative estimate of drug-likeness (QED) is 0.654. The van der Waals surface area contributed by atoms with E-state index < -0.39 is 0 Å². The molecule has 1 unspecified atom stereocenters. The summed E-state index contributed by atoms with van der Waals surface area (Å²) in [4.78, 5) is 2.54. The Bertz CT molecular complexity index is 196. The Hall–Kier alpha value is -0.340. The summed E-state index contributed by atoms with van der Waals surface area (Å²) in [7, 11) is 0. The monoisotopic (exact) mass is 180 g/mol. The van der Waals surface area contributed by atoms with Gasteiger partial charge in [0.1, 0.15) is 0 Å². The van der Waals surface area contributed by atoms with E-state index in [9.17, 15) is 0 Å². The number of rotatable bonds is 3. The van der Waals surface area contributed by atoms with Gasteiger partial charge in [0.2, 0.25) is 0 Å². The van der Waals surface area contributed by atoms with Crippen molar-refractivity contribution in [2.24, 2.45) is 11.3 Å². The minimum Gasteiger partial charge on any atom is -0.315 e. The summed E-state index contributed by atoms with van der Waals surface area (Å²) in [5, 5.41) is 3.42. The predicted octanol–water partition coefficient (Wildman–Crippen LogP) is 1.10. The average Bonchev–Trinajstić information content (AvgIpc) is 2.43. The molecule has 2 heteroatoms. The number of hydrogen-bond donors (Lipinski definition) is 1. The van der Waals surface area contributed by atoms with Crippen molar-refractivity contribution in [1.82, 2.24) is 10.2 Å². The molecular weight excluding hydrogens is 160 g/mol. The van der Waals surface area contributed by atoms with E-state index in [2.05, 4.69) is 23.7 Å². The van der Waals surface area contributed by atoms with Crippen LogP contribution in [0.2, 0.25) is 0 Å². The lowest BCUT2D eigenvalue weighted by Crippen LogP contribution is -2.57. The molecule has 1 N–H and O–H groups in total. The van der Waals surface area contributed by atoms with Crippen LogP contribution in [-0.2, 0) is 0 Å². The predicted molar refractivity (Wildman–Crippen MR) is 55.7 cm³/mol. The molecule has 2 rings (SSSR count). The van der Waals surface area contributed by atoms with Gasteiger partial charge in [-0.15, -0.1) is 6.58 Å². The maximum Gasteiger partial charge on any atom is 0.0160 e. The van der Waals surface area contributed by atoms with Crippen LogP contribution in [-0.4, -0.2) is 37.6 Å². The van der Waals surface area contributed by atoms with Gasteiger partial charge in [0.25, 0.3) is 0 Å². The molecule has 0 radical (unpaired) electrons. The summed E-state index contributed by atoms with van der Waals surface area (Å²) in [5.41, 5.74) is 0.623. The molecule has 2 aliphatic rings. The smallest absolute Gasteiger partial charge is 0.0160 e. The second-order valence-electron chi connectivity index (χ2n) is 4.55. The Kier molecular flexibility index (Phi) is 2.43. The molecule has 2 aliphatic heterocycles. The SMILES string of the molecule is C=CCN1CC(CC)C2(CNC2)C1. The highest BCUT2D eigenvalue weighted by molar-refractivity contribution is 5.04. The molecule has 2 nitrogen and oxygen atoms in total. The third-order valence-electron chi connectivity index (χ3n) is 3.72. The van der Waals surface area contributed by atoms with Crippen molar-refractivity contribution in [3.05, 3.63) is 12.7 Å². The highest BCUT2D eigenvalue weighted by Gasteiger charge is 2.48. The molecule has 0 aromatic rings. The normalized spacial score (nSPS) is 31.9. The van der Waals surface area contributed by atoms with E-state index in [4.69, 9.17) is 0 Å². The summed E-state index contributed by atoms with van der Waals surface area (Å²) < 4.78 is 0. The zero-order chi connectivity index (χ0) is 9.31. The summed E-state index contributed by atoms with van der Waals surface area (Å²) in [6, 6.07) is 0. The molecule has 1 spiro atoms. The van der Waals surface area contributed by atoms with Crippen LogP contribution in [0.15, 0.2) is 12.7 Å². The first-order chi connectivity index (χ1) is 6.30. The van der Waals surface area contributed by atoms with Crippen LogP contribution in [0.25, 0.3) is 0 Å². The fourth-order valence-corrected chi connectivity index (χ4v) is 2.87. The van der Waals surface area contributed by atoms with Gasteiger partial charge in [-0.05, 0) is 5.92 Å². The minimum atomic E-state index is 0.623. The maximum absolute atomic E-state index is 3.81. The molecule has 2 fully saturated rings. The Morgan fingerprint density at radius 2 is 2.38 bits per heavy atom. The Morgan fingerprint density at radius 3 is 2.77 bits per heavy atom. The van der Waals surface area contributed by atoms with E-state index in [0.717, 1.165) is 12.5 Å². The fourth-order valence-electron chi connectivity index (χ4n) is 2.87. The number of nitrogens with zero attached hydrogens (tertiary/aromatic N) is 1. The first kappa shape index (κ1) is 9.22. The molecule has 0 amide bonds. The molecule has 2 saturated heterocycles. The molecule has 0 aromatic heterocycles. The van der Waals surface area contributed by atoms with Crippen LogP contribution < -0.4 is 5.32 Å². The van der Waals surface area contributed by atoms with Gasteiger partial charge in [-0.1, -0.05) is 19.4 Å². The first-order valence-electron chi connectivity index (χ1n) is 5.35. The van der Waals surface area contributed by atoms with Crippen molar-refractivity contribution in [2.75, 3.05) is 32.7 Å². The second kappa shape index (κ2) is 3.43. The third kappa shape index (κ3) is 1.42. The zero-order valence-electron chi connectivity index (χ0n) is 8.55. The topological polar surface area (TPSA) is 15.3 Å². The van der Waals surface area contributed by atoms with Crippen molar-refractivity contribution in [3.8, 4) is 0 Å². The minimum absolute atomic E-state index is 0.623. The molecule has 0 bridgehead atoms. The largest absolute Gasteiger partial charge is 0.315 e. The average molecular weight is 180 g/mol. The molecule has 0 saturated carbocycles. The van der Waals surface area contributed by atoms with Gasteiger partial charge >= 0.3 is 0 Å². The fraction of sp³-hybridized carbons (Fsp3) is 0.818. The van der Waals surface area contributed by atoms with E-state index in [1.54, 1.807) is 0 Å². The molecule has 74 valence electrons. The van der Waals surface area contributed by atoms with Crippen LogP contribution in [0.5, 0.6) is 0 Å².